The van der Waals surface area contributed by atoms with Gasteiger partial charge in [-0.2, -0.15) is 8.42 Å². The second-order valence-corrected chi connectivity index (χ2v) is 7.39. The molecule has 0 bridgehead atoms. The average molecular weight is 371 g/mol. The Morgan fingerprint density at radius 3 is 2.52 bits per heavy atom. The molecule has 0 saturated carbocycles. The van der Waals surface area contributed by atoms with Gasteiger partial charge in [-0.05, 0) is 25.6 Å². The molecular weight excluding hydrogens is 350 g/mol. The number of rotatable bonds is 6. The number of likely N-dealkylation sites (N-methyl/N-ethyl adjacent to an activating group) is 1. The van der Waals surface area contributed by atoms with E-state index in [0.717, 1.165) is 0 Å². The van der Waals surface area contributed by atoms with E-state index in [2.05, 4.69) is 0 Å². The summed E-state index contributed by atoms with van der Waals surface area (Å²) >= 11 is 0. The van der Waals surface area contributed by atoms with E-state index in [4.69, 9.17) is 8.92 Å². The van der Waals surface area contributed by atoms with Crippen LogP contribution in [0.5, 0.6) is 0 Å². The molecule has 138 valence electrons. The quantitative estimate of drug-likeness (QED) is 0.432. The Balaban J connectivity index is 2.08. The predicted molar refractivity (Wildman–Crippen MR) is 86.9 cm³/mol. The summed E-state index contributed by atoms with van der Waals surface area (Å²) < 4.78 is 34.3. The van der Waals surface area contributed by atoms with Crippen LogP contribution in [-0.4, -0.2) is 62.2 Å². The second-order valence-electron chi connectivity index (χ2n) is 5.82. The zero-order valence-corrected chi connectivity index (χ0v) is 14.8. The van der Waals surface area contributed by atoms with Gasteiger partial charge in [-0.3, -0.25) is 13.9 Å². The van der Waals surface area contributed by atoms with Crippen LogP contribution in [0, 0.1) is 0 Å². The number of aliphatic hydroxyl groups excluding tert-OH is 1. The van der Waals surface area contributed by atoms with Crippen molar-refractivity contribution in [2.24, 2.45) is 0 Å². The standard InChI is InChI=1S/C16H21NO7S/c1-3-7-13(18)23-16(20)14-15(19)12(10-17(14)2)24-25(21,22)11-8-5-4-6-9-11/h4-6,8-9,12,14-15,19H,3,7,10H2,1-2H3/t12?,14-,15?/m0/s1. The molecular formula is C16H21NO7S. The highest BCUT2D eigenvalue weighted by atomic mass is 32.2. The van der Waals surface area contributed by atoms with E-state index in [0.29, 0.717) is 6.42 Å². The molecule has 0 aromatic heterocycles. The van der Waals surface area contributed by atoms with Crippen LogP contribution < -0.4 is 0 Å². The Labute approximate surface area is 146 Å². The molecule has 1 saturated heterocycles. The molecule has 0 radical (unpaired) electrons. The number of hydrogen-bond acceptors (Lipinski definition) is 8. The Bertz CT molecular complexity index is 719. The van der Waals surface area contributed by atoms with E-state index in [1.54, 1.807) is 25.1 Å². The maximum atomic E-state index is 12.3. The van der Waals surface area contributed by atoms with Gasteiger partial charge in [0.2, 0.25) is 0 Å². The highest BCUT2D eigenvalue weighted by Crippen LogP contribution is 2.24. The highest BCUT2D eigenvalue weighted by molar-refractivity contribution is 7.86. The van der Waals surface area contributed by atoms with Crippen molar-refractivity contribution in [3.8, 4) is 0 Å². The fourth-order valence-corrected chi connectivity index (χ4v) is 3.71. The number of aliphatic hydroxyl groups is 1. The molecule has 1 aliphatic heterocycles. The van der Waals surface area contributed by atoms with Crippen molar-refractivity contribution in [3.63, 3.8) is 0 Å². The van der Waals surface area contributed by atoms with Gasteiger partial charge in [-0.1, -0.05) is 25.1 Å². The average Bonchev–Trinajstić information content (AvgIpc) is 2.81. The third-order valence-corrected chi connectivity index (χ3v) is 5.19. The molecule has 1 aliphatic rings. The lowest BCUT2D eigenvalue weighted by atomic mass is 10.1. The van der Waals surface area contributed by atoms with Gasteiger partial charge in [-0.15, -0.1) is 0 Å². The lowest BCUT2D eigenvalue weighted by Gasteiger charge is -2.19. The summed E-state index contributed by atoms with van der Waals surface area (Å²) in [5.74, 6) is -1.61. The molecule has 9 heteroatoms. The third-order valence-electron chi connectivity index (χ3n) is 3.84. The van der Waals surface area contributed by atoms with Crippen molar-refractivity contribution < 1.29 is 32.0 Å². The number of ether oxygens (including phenoxy) is 1. The molecule has 0 amide bonds. The number of likely N-dealkylation sites (tertiary alicyclic amines) is 1. The van der Waals surface area contributed by atoms with Gasteiger partial charge in [0.25, 0.3) is 10.1 Å². The second kappa shape index (κ2) is 8.05. The molecule has 1 aromatic rings. The van der Waals surface area contributed by atoms with Crippen molar-refractivity contribution in [3.05, 3.63) is 30.3 Å². The summed E-state index contributed by atoms with van der Waals surface area (Å²) in [7, 11) is -2.57. The maximum Gasteiger partial charge on any atom is 0.333 e. The van der Waals surface area contributed by atoms with Crippen LogP contribution in [0.15, 0.2) is 35.2 Å². The normalized spacial score (nSPS) is 24.2. The summed E-state index contributed by atoms with van der Waals surface area (Å²) in [6.07, 6.45) is -1.98. The molecule has 25 heavy (non-hydrogen) atoms. The first-order valence-electron chi connectivity index (χ1n) is 7.87. The number of benzene rings is 1. The Morgan fingerprint density at radius 1 is 1.28 bits per heavy atom. The van der Waals surface area contributed by atoms with Crippen LogP contribution in [0.2, 0.25) is 0 Å². The van der Waals surface area contributed by atoms with E-state index in [1.807, 2.05) is 0 Å². The first-order chi connectivity index (χ1) is 11.8. The molecule has 1 aromatic carbocycles. The van der Waals surface area contributed by atoms with Crippen molar-refractivity contribution in [2.75, 3.05) is 13.6 Å². The van der Waals surface area contributed by atoms with Gasteiger partial charge in [0.05, 0.1) is 4.90 Å². The van der Waals surface area contributed by atoms with Crippen LogP contribution in [0.25, 0.3) is 0 Å². The minimum Gasteiger partial charge on any atom is -0.392 e. The summed E-state index contributed by atoms with van der Waals surface area (Å²) in [4.78, 5) is 24.9. The van der Waals surface area contributed by atoms with Gasteiger partial charge in [0.1, 0.15) is 18.2 Å². The number of nitrogens with zero attached hydrogens (tertiary/aromatic N) is 1. The molecule has 0 aliphatic carbocycles. The summed E-state index contributed by atoms with van der Waals surface area (Å²) in [5, 5.41) is 10.3. The molecule has 1 N–H and O–H groups in total. The van der Waals surface area contributed by atoms with Crippen LogP contribution in [-0.2, 0) is 28.6 Å². The molecule has 3 atom stereocenters. The van der Waals surface area contributed by atoms with E-state index < -0.39 is 40.3 Å². The molecule has 1 heterocycles. The first-order valence-corrected chi connectivity index (χ1v) is 9.28. The van der Waals surface area contributed by atoms with Gasteiger partial charge in [0.15, 0.2) is 0 Å². The largest absolute Gasteiger partial charge is 0.392 e. The Kier molecular flexibility index (Phi) is 6.28. The van der Waals surface area contributed by atoms with Gasteiger partial charge < -0.3 is 9.84 Å². The Morgan fingerprint density at radius 2 is 1.92 bits per heavy atom. The van der Waals surface area contributed by atoms with Gasteiger partial charge >= 0.3 is 11.9 Å². The van der Waals surface area contributed by atoms with Crippen LogP contribution in [0.4, 0.5) is 0 Å². The molecule has 2 unspecified atom stereocenters. The predicted octanol–water partition coefficient (Wildman–Crippen LogP) is 0.305. The molecule has 2 rings (SSSR count). The molecule has 8 nitrogen and oxygen atoms in total. The first kappa shape index (κ1) is 19.5. The van der Waals surface area contributed by atoms with Gasteiger partial charge in [0, 0.05) is 13.0 Å². The van der Waals surface area contributed by atoms with E-state index in [9.17, 15) is 23.1 Å². The number of hydrogen-bond donors (Lipinski definition) is 1. The maximum absolute atomic E-state index is 12.3. The SMILES string of the molecule is CCCC(=O)OC(=O)[C@@H]1C(O)C(OS(=O)(=O)c2ccccc2)CN1C. The summed E-state index contributed by atoms with van der Waals surface area (Å²) in [6, 6.07) is 6.33. The van der Waals surface area contributed by atoms with Gasteiger partial charge in [-0.25, -0.2) is 4.79 Å². The van der Waals surface area contributed by atoms with Crippen LogP contribution in [0.1, 0.15) is 19.8 Å². The van der Waals surface area contributed by atoms with E-state index >= 15 is 0 Å². The van der Waals surface area contributed by atoms with Crippen LogP contribution in [0.3, 0.4) is 0 Å². The fraction of sp³-hybridized carbons (Fsp3) is 0.500. The summed E-state index contributed by atoms with van der Waals surface area (Å²) in [6.45, 7) is 1.76. The minimum atomic E-state index is -4.09. The lowest BCUT2D eigenvalue weighted by Crippen LogP contribution is -2.43. The fourth-order valence-electron chi connectivity index (χ4n) is 2.61. The smallest absolute Gasteiger partial charge is 0.333 e. The Hall–Kier alpha value is -1.81. The van der Waals surface area contributed by atoms with Crippen molar-refractivity contribution in [1.29, 1.82) is 0 Å². The molecule has 1 fully saturated rings. The summed E-state index contributed by atoms with van der Waals surface area (Å²) in [5.41, 5.74) is 0. The monoisotopic (exact) mass is 371 g/mol. The van der Waals surface area contributed by atoms with E-state index in [1.165, 1.54) is 24.1 Å². The number of carbonyl (C=O) groups excluding carboxylic acids is 2. The van der Waals surface area contributed by atoms with Crippen molar-refractivity contribution in [2.45, 2.75) is 42.9 Å². The molecule has 0 spiro atoms. The number of esters is 2. The number of carbonyl (C=O) groups is 2. The topological polar surface area (TPSA) is 110 Å². The highest BCUT2D eigenvalue weighted by Gasteiger charge is 2.47. The van der Waals surface area contributed by atoms with Crippen molar-refractivity contribution in [1.82, 2.24) is 4.90 Å². The lowest BCUT2D eigenvalue weighted by molar-refractivity contribution is -0.164. The zero-order valence-electron chi connectivity index (χ0n) is 14.0. The third kappa shape index (κ3) is 4.63. The van der Waals surface area contributed by atoms with E-state index in [-0.39, 0.29) is 17.9 Å². The van der Waals surface area contributed by atoms with Crippen LogP contribution >= 0.6 is 0 Å². The zero-order chi connectivity index (χ0) is 18.6. The minimum absolute atomic E-state index is 0.00499. The van der Waals surface area contributed by atoms with Crippen molar-refractivity contribution >= 4 is 22.1 Å².